The van der Waals surface area contributed by atoms with Crippen LogP contribution in [0.5, 0.6) is 0 Å². The predicted molar refractivity (Wildman–Crippen MR) is 31.3 cm³/mol. The molecule has 0 aromatic carbocycles. The number of quaternary nitrogens is 1. The van der Waals surface area contributed by atoms with E-state index in [-0.39, 0.29) is 6.04 Å². The minimum atomic E-state index is 0.278. The summed E-state index contributed by atoms with van der Waals surface area (Å²) in [5.41, 5.74) is 0. The molecule has 0 aromatic heterocycles. The maximum absolute atomic E-state index is 10.7. The third-order valence-corrected chi connectivity index (χ3v) is 1.56. The Labute approximate surface area is 49.5 Å². The van der Waals surface area contributed by atoms with Crippen LogP contribution in [0.3, 0.4) is 0 Å². The molecule has 1 fully saturated rings. The summed E-state index contributed by atoms with van der Waals surface area (Å²) in [6, 6.07) is 0.278. The molecule has 0 bridgehead atoms. The predicted octanol–water partition coefficient (Wildman–Crippen LogP) is -1.34. The highest BCUT2D eigenvalue weighted by Gasteiger charge is 2.21. The summed E-state index contributed by atoms with van der Waals surface area (Å²) < 4.78 is 0. The van der Waals surface area contributed by atoms with Gasteiger partial charge in [0.1, 0.15) is 6.67 Å². The first-order chi connectivity index (χ1) is 3.70. The quantitative estimate of drug-likeness (QED) is 0.397. The molecule has 0 aromatic rings. The van der Waals surface area contributed by atoms with Gasteiger partial charge in [0.2, 0.25) is 0 Å². The molecule has 2 atom stereocenters. The van der Waals surface area contributed by atoms with E-state index in [0.717, 1.165) is 6.54 Å². The molecule has 8 heavy (non-hydrogen) atoms. The Morgan fingerprint density at radius 2 is 2.38 bits per heavy atom. The van der Waals surface area contributed by atoms with E-state index in [9.17, 15) is 5.21 Å². The smallest absolute Gasteiger partial charge is 0.133 e. The van der Waals surface area contributed by atoms with Gasteiger partial charge in [-0.05, 0) is 14.0 Å². The van der Waals surface area contributed by atoms with Gasteiger partial charge in [0, 0.05) is 0 Å². The SMILES string of the molecule is CC1CN(C)C[NH+]1[O-]. The van der Waals surface area contributed by atoms with Gasteiger partial charge in [0.05, 0.1) is 12.6 Å². The Morgan fingerprint density at radius 3 is 2.50 bits per heavy atom. The average Bonchev–Trinajstić information content (AvgIpc) is 1.85. The molecule has 1 saturated heterocycles. The molecule has 1 aliphatic rings. The molecule has 3 heteroatoms. The molecule has 0 spiro atoms. The van der Waals surface area contributed by atoms with Crippen LogP contribution in [0.2, 0.25) is 0 Å². The van der Waals surface area contributed by atoms with Crippen LogP contribution in [0.1, 0.15) is 6.92 Å². The van der Waals surface area contributed by atoms with Gasteiger partial charge in [0.15, 0.2) is 0 Å². The topological polar surface area (TPSA) is 30.7 Å². The van der Waals surface area contributed by atoms with E-state index in [4.69, 9.17) is 0 Å². The molecule has 1 rings (SSSR count). The molecule has 48 valence electrons. The highest BCUT2D eigenvalue weighted by Crippen LogP contribution is 1.87. The monoisotopic (exact) mass is 116 g/mol. The van der Waals surface area contributed by atoms with Crippen molar-refractivity contribution in [3.05, 3.63) is 5.21 Å². The van der Waals surface area contributed by atoms with Crippen LogP contribution < -0.4 is 5.06 Å². The summed E-state index contributed by atoms with van der Waals surface area (Å²) in [6.07, 6.45) is 0. The van der Waals surface area contributed by atoms with Gasteiger partial charge in [-0.15, -0.1) is 0 Å². The van der Waals surface area contributed by atoms with Crippen LogP contribution in [0.4, 0.5) is 0 Å². The van der Waals surface area contributed by atoms with Crippen molar-refractivity contribution in [3.8, 4) is 0 Å². The first kappa shape index (κ1) is 6.01. The van der Waals surface area contributed by atoms with Crippen molar-refractivity contribution in [2.24, 2.45) is 0 Å². The lowest BCUT2D eigenvalue weighted by atomic mass is 10.4. The second-order valence-electron chi connectivity index (χ2n) is 2.56. The highest BCUT2D eigenvalue weighted by molar-refractivity contribution is 4.59. The molecule has 3 nitrogen and oxygen atoms in total. The van der Waals surface area contributed by atoms with Gasteiger partial charge >= 0.3 is 0 Å². The Morgan fingerprint density at radius 1 is 1.75 bits per heavy atom. The number of hydrogen-bond acceptors (Lipinski definition) is 2. The Kier molecular flexibility index (Phi) is 1.51. The van der Waals surface area contributed by atoms with Crippen molar-refractivity contribution < 1.29 is 5.06 Å². The van der Waals surface area contributed by atoms with E-state index in [1.807, 2.05) is 18.9 Å². The van der Waals surface area contributed by atoms with Gasteiger partial charge in [-0.1, -0.05) is 0 Å². The van der Waals surface area contributed by atoms with Crippen molar-refractivity contribution in [2.45, 2.75) is 13.0 Å². The molecular weight excluding hydrogens is 104 g/mol. The maximum atomic E-state index is 10.7. The minimum absolute atomic E-state index is 0.278. The van der Waals surface area contributed by atoms with Crippen LogP contribution >= 0.6 is 0 Å². The van der Waals surface area contributed by atoms with Gasteiger partial charge in [0.25, 0.3) is 0 Å². The zero-order valence-corrected chi connectivity index (χ0v) is 5.35. The molecule has 0 saturated carbocycles. The van der Waals surface area contributed by atoms with Crippen LogP contribution in [-0.4, -0.2) is 31.2 Å². The number of hydrogen-bond donors (Lipinski definition) is 1. The molecule has 0 aliphatic carbocycles. The number of likely N-dealkylation sites (N-methyl/N-ethyl adjacent to an activating group) is 1. The third kappa shape index (κ3) is 0.992. The van der Waals surface area contributed by atoms with Crippen LogP contribution in [-0.2, 0) is 0 Å². The first-order valence-corrected chi connectivity index (χ1v) is 2.91. The van der Waals surface area contributed by atoms with E-state index < -0.39 is 0 Å². The standard InChI is InChI=1S/C5H12N2O/c1-5-3-6(2)4-7(5)8/h5,7H,3-4H2,1-2H3. The summed E-state index contributed by atoms with van der Waals surface area (Å²) in [5.74, 6) is 0. The molecule has 0 radical (unpaired) electrons. The molecule has 1 N–H and O–H groups in total. The number of rotatable bonds is 0. The van der Waals surface area contributed by atoms with Crippen molar-refractivity contribution in [1.82, 2.24) is 4.90 Å². The zero-order chi connectivity index (χ0) is 6.15. The van der Waals surface area contributed by atoms with Crippen molar-refractivity contribution in [1.29, 1.82) is 0 Å². The summed E-state index contributed by atoms with van der Waals surface area (Å²) in [5, 5.41) is 11.1. The van der Waals surface area contributed by atoms with E-state index in [1.54, 1.807) is 0 Å². The maximum Gasteiger partial charge on any atom is 0.133 e. The fraction of sp³-hybridized carbons (Fsp3) is 1.00. The summed E-state index contributed by atoms with van der Waals surface area (Å²) in [7, 11) is 1.97. The first-order valence-electron chi connectivity index (χ1n) is 2.91. The lowest BCUT2D eigenvalue weighted by molar-refractivity contribution is -0.862. The molecule has 0 amide bonds. The van der Waals surface area contributed by atoms with Crippen molar-refractivity contribution in [2.75, 3.05) is 20.3 Å². The molecular formula is C5H12N2O. The van der Waals surface area contributed by atoms with Gasteiger partial charge in [-0.2, -0.15) is 0 Å². The van der Waals surface area contributed by atoms with Crippen molar-refractivity contribution in [3.63, 3.8) is 0 Å². The van der Waals surface area contributed by atoms with Crippen LogP contribution in [0.25, 0.3) is 0 Å². The lowest BCUT2D eigenvalue weighted by Gasteiger charge is -2.18. The second-order valence-corrected chi connectivity index (χ2v) is 2.56. The molecule has 2 unspecified atom stereocenters. The minimum Gasteiger partial charge on any atom is -0.633 e. The van der Waals surface area contributed by atoms with Crippen LogP contribution in [0, 0.1) is 5.21 Å². The molecule has 1 heterocycles. The fourth-order valence-electron chi connectivity index (χ4n) is 1.06. The zero-order valence-electron chi connectivity index (χ0n) is 5.35. The number of nitrogens with one attached hydrogen (secondary N) is 1. The lowest BCUT2D eigenvalue weighted by Crippen LogP contribution is -3.09. The summed E-state index contributed by atoms with van der Waals surface area (Å²) >= 11 is 0. The van der Waals surface area contributed by atoms with Crippen molar-refractivity contribution >= 4 is 0 Å². The van der Waals surface area contributed by atoms with Gasteiger partial charge < -0.3 is 10.3 Å². The van der Waals surface area contributed by atoms with E-state index in [1.165, 1.54) is 0 Å². The van der Waals surface area contributed by atoms with Gasteiger partial charge in [-0.25, -0.2) is 0 Å². The highest BCUT2D eigenvalue weighted by atomic mass is 16.5. The summed E-state index contributed by atoms with van der Waals surface area (Å²) in [4.78, 5) is 2.05. The van der Waals surface area contributed by atoms with E-state index in [0.29, 0.717) is 11.7 Å². The Bertz CT molecular complexity index is 76.5. The Balaban J connectivity index is 2.39. The second kappa shape index (κ2) is 2.01. The van der Waals surface area contributed by atoms with E-state index >= 15 is 0 Å². The van der Waals surface area contributed by atoms with E-state index in [2.05, 4.69) is 0 Å². The average molecular weight is 116 g/mol. The molecule has 1 aliphatic heterocycles. The number of nitrogens with zero attached hydrogens (tertiary/aromatic N) is 1. The normalized spacial score (nSPS) is 40.9. The third-order valence-electron chi connectivity index (χ3n) is 1.56. The summed E-state index contributed by atoms with van der Waals surface area (Å²) in [6.45, 7) is 3.58. The Hall–Kier alpha value is -0.120. The fourth-order valence-corrected chi connectivity index (χ4v) is 1.06. The number of hydroxylamine groups is 2. The van der Waals surface area contributed by atoms with Gasteiger partial charge in [-0.3, -0.25) is 4.90 Å². The van der Waals surface area contributed by atoms with Crippen LogP contribution in [0.15, 0.2) is 0 Å². The largest absolute Gasteiger partial charge is 0.633 e.